The maximum absolute atomic E-state index is 11.8. The molecule has 1 aliphatic rings. The van der Waals surface area contributed by atoms with Crippen LogP contribution in [0.3, 0.4) is 0 Å². The van der Waals surface area contributed by atoms with Gasteiger partial charge in [-0.05, 0) is 19.4 Å². The Morgan fingerprint density at radius 1 is 1.45 bits per heavy atom. The number of rotatable bonds is 6. The number of amides is 1. The van der Waals surface area contributed by atoms with Crippen LogP contribution in [0.2, 0.25) is 0 Å². The highest BCUT2D eigenvalue weighted by atomic mass is 16.7. The minimum Gasteiger partial charge on any atom is -0.480 e. The van der Waals surface area contributed by atoms with E-state index in [1.54, 1.807) is 19.1 Å². The van der Waals surface area contributed by atoms with Crippen molar-refractivity contribution in [1.29, 1.82) is 0 Å². The van der Waals surface area contributed by atoms with Crippen LogP contribution >= 0.6 is 0 Å². The van der Waals surface area contributed by atoms with Gasteiger partial charge in [0.2, 0.25) is 6.79 Å². The number of hydrogen-bond donors (Lipinski definition) is 1. The van der Waals surface area contributed by atoms with Crippen molar-refractivity contribution in [1.82, 2.24) is 5.32 Å². The summed E-state index contributed by atoms with van der Waals surface area (Å²) < 4.78 is 16.0. The molecule has 1 heterocycles. The molecule has 0 aliphatic carbocycles. The minimum atomic E-state index is -0.694. The Bertz CT molecular complexity index is 515. The van der Waals surface area contributed by atoms with Crippen LogP contribution in [0, 0.1) is 0 Å². The summed E-state index contributed by atoms with van der Waals surface area (Å²) in [6.07, 6.45) is 0.816. The van der Waals surface area contributed by atoms with E-state index in [1.807, 2.05) is 6.92 Å². The topological polar surface area (TPSA) is 73.9 Å². The fourth-order valence-corrected chi connectivity index (χ4v) is 1.77. The molecular formula is C14H17NO5. The molecule has 1 aromatic rings. The number of fused-ring (bicyclic) bond motifs is 1. The van der Waals surface area contributed by atoms with Gasteiger partial charge in [-0.3, -0.25) is 9.59 Å². The van der Waals surface area contributed by atoms with Crippen molar-refractivity contribution in [3.63, 3.8) is 0 Å². The number of benzene rings is 1. The van der Waals surface area contributed by atoms with Gasteiger partial charge in [-0.15, -0.1) is 0 Å². The van der Waals surface area contributed by atoms with Crippen LogP contribution in [0.5, 0.6) is 17.2 Å². The lowest BCUT2D eigenvalue weighted by Gasteiger charge is -2.16. The fourth-order valence-electron chi connectivity index (χ4n) is 1.77. The molecule has 1 amide bonds. The van der Waals surface area contributed by atoms with Crippen LogP contribution in [0.15, 0.2) is 12.1 Å². The molecule has 0 radical (unpaired) electrons. The second kappa shape index (κ2) is 6.27. The largest absolute Gasteiger partial charge is 0.480 e. The molecule has 20 heavy (non-hydrogen) atoms. The first-order valence-electron chi connectivity index (χ1n) is 6.49. The minimum absolute atomic E-state index is 0.115. The summed E-state index contributed by atoms with van der Waals surface area (Å²) in [5, 5.41) is 2.73. The summed E-state index contributed by atoms with van der Waals surface area (Å²) in [6.45, 7) is 4.30. The quantitative estimate of drug-likeness (QED) is 0.799. The second-order valence-electron chi connectivity index (χ2n) is 4.41. The summed E-state index contributed by atoms with van der Waals surface area (Å²) in [7, 11) is 0. The molecule has 108 valence electrons. The van der Waals surface area contributed by atoms with Gasteiger partial charge in [0.1, 0.15) is 5.75 Å². The van der Waals surface area contributed by atoms with Crippen molar-refractivity contribution in [3.8, 4) is 17.2 Å². The van der Waals surface area contributed by atoms with Gasteiger partial charge in [0.15, 0.2) is 23.9 Å². The van der Waals surface area contributed by atoms with E-state index in [4.69, 9.17) is 14.2 Å². The molecule has 6 nitrogen and oxygen atoms in total. The normalized spacial score (nSPS) is 13.7. The Balaban J connectivity index is 2.12. The zero-order chi connectivity index (χ0) is 14.5. The highest BCUT2D eigenvalue weighted by Gasteiger charge is 2.21. The van der Waals surface area contributed by atoms with E-state index in [9.17, 15) is 9.59 Å². The molecule has 0 fully saturated rings. The molecule has 2 rings (SSSR count). The summed E-state index contributed by atoms with van der Waals surface area (Å²) in [6, 6.07) is 3.11. The number of hydrogen-bond acceptors (Lipinski definition) is 5. The average Bonchev–Trinajstić information content (AvgIpc) is 2.90. The van der Waals surface area contributed by atoms with Crippen LogP contribution in [0.25, 0.3) is 0 Å². The third kappa shape index (κ3) is 3.01. The first-order chi connectivity index (χ1) is 9.65. The zero-order valence-corrected chi connectivity index (χ0v) is 11.5. The van der Waals surface area contributed by atoms with Gasteiger partial charge in [-0.2, -0.15) is 0 Å². The Hall–Kier alpha value is -2.24. The lowest BCUT2D eigenvalue weighted by molar-refractivity contribution is -0.127. The highest BCUT2D eigenvalue weighted by molar-refractivity contribution is 5.83. The summed E-state index contributed by atoms with van der Waals surface area (Å²) in [5.41, 5.74) is 0.324. The Morgan fingerprint density at radius 2 is 2.15 bits per heavy atom. The van der Waals surface area contributed by atoms with E-state index in [1.165, 1.54) is 0 Å². The molecule has 6 heteroatoms. The zero-order valence-electron chi connectivity index (χ0n) is 11.5. The predicted molar refractivity (Wildman–Crippen MR) is 71.3 cm³/mol. The Kier molecular flexibility index (Phi) is 4.45. The third-order valence-corrected chi connectivity index (χ3v) is 2.85. The van der Waals surface area contributed by atoms with Gasteiger partial charge in [-0.1, -0.05) is 6.92 Å². The Labute approximate surface area is 117 Å². The van der Waals surface area contributed by atoms with Crippen molar-refractivity contribution in [3.05, 3.63) is 17.7 Å². The average molecular weight is 279 g/mol. The molecule has 0 saturated heterocycles. The van der Waals surface area contributed by atoms with Crippen LogP contribution in [0.1, 0.15) is 30.6 Å². The number of carbonyl (C=O) groups is 2. The third-order valence-electron chi connectivity index (χ3n) is 2.85. The smallest absolute Gasteiger partial charge is 0.260 e. The van der Waals surface area contributed by atoms with Crippen LogP contribution < -0.4 is 19.5 Å². The molecule has 1 atom stereocenters. The number of aldehydes is 1. The van der Waals surface area contributed by atoms with Crippen molar-refractivity contribution >= 4 is 12.2 Å². The van der Waals surface area contributed by atoms with Crippen molar-refractivity contribution in [2.45, 2.75) is 26.4 Å². The van der Waals surface area contributed by atoms with Crippen LogP contribution in [0.4, 0.5) is 0 Å². The number of ether oxygens (including phenoxy) is 3. The summed E-state index contributed by atoms with van der Waals surface area (Å²) in [5.74, 6) is 1.10. The van der Waals surface area contributed by atoms with Crippen molar-refractivity contribution in [2.75, 3.05) is 13.3 Å². The molecule has 1 aromatic carbocycles. The number of nitrogens with one attached hydrogen (secondary N) is 1. The maximum Gasteiger partial charge on any atom is 0.260 e. The SMILES string of the molecule is CCCNC(=O)C(C)Oc1cc2c(cc1C=O)OCO2. The van der Waals surface area contributed by atoms with Crippen LogP contribution in [-0.4, -0.2) is 31.6 Å². The van der Waals surface area contributed by atoms with Gasteiger partial charge in [-0.25, -0.2) is 0 Å². The van der Waals surface area contributed by atoms with E-state index < -0.39 is 6.10 Å². The van der Waals surface area contributed by atoms with Crippen LogP contribution in [-0.2, 0) is 4.79 Å². The first kappa shape index (κ1) is 14.2. The lowest BCUT2D eigenvalue weighted by atomic mass is 10.2. The fraction of sp³-hybridized carbons (Fsp3) is 0.429. The standard InChI is InChI=1S/C14H17NO5/c1-3-4-15-14(17)9(2)20-11-6-13-12(18-8-19-13)5-10(11)7-16/h5-7,9H,3-4,8H2,1-2H3,(H,15,17). The highest BCUT2D eigenvalue weighted by Crippen LogP contribution is 2.37. The second-order valence-corrected chi connectivity index (χ2v) is 4.41. The molecule has 1 aliphatic heterocycles. The molecule has 0 saturated carbocycles. The van der Waals surface area contributed by atoms with E-state index in [2.05, 4.69) is 5.32 Å². The molecule has 0 bridgehead atoms. The predicted octanol–water partition coefficient (Wildman–Crippen LogP) is 1.52. The van der Waals surface area contributed by atoms with E-state index in [-0.39, 0.29) is 12.7 Å². The molecule has 1 N–H and O–H groups in total. The monoisotopic (exact) mass is 279 g/mol. The first-order valence-corrected chi connectivity index (χ1v) is 6.49. The molecule has 0 aromatic heterocycles. The van der Waals surface area contributed by atoms with Gasteiger partial charge in [0.25, 0.3) is 5.91 Å². The summed E-state index contributed by atoms with van der Waals surface area (Å²) >= 11 is 0. The Morgan fingerprint density at radius 3 is 2.80 bits per heavy atom. The summed E-state index contributed by atoms with van der Waals surface area (Å²) in [4.78, 5) is 22.8. The number of carbonyl (C=O) groups excluding carboxylic acids is 2. The van der Waals surface area contributed by atoms with E-state index in [0.717, 1.165) is 6.42 Å². The maximum atomic E-state index is 11.8. The van der Waals surface area contributed by atoms with Gasteiger partial charge in [0, 0.05) is 12.6 Å². The van der Waals surface area contributed by atoms with Gasteiger partial charge < -0.3 is 19.5 Å². The van der Waals surface area contributed by atoms with Gasteiger partial charge >= 0.3 is 0 Å². The van der Waals surface area contributed by atoms with Crippen molar-refractivity contribution in [2.24, 2.45) is 0 Å². The van der Waals surface area contributed by atoms with Gasteiger partial charge in [0.05, 0.1) is 5.56 Å². The molecule has 1 unspecified atom stereocenters. The molecular weight excluding hydrogens is 262 g/mol. The molecule has 0 spiro atoms. The van der Waals surface area contributed by atoms with E-state index >= 15 is 0 Å². The lowest BCUT2D eigenvalue weighted by Crippen LogP contribution is -2.36. The van der Waals surface area contributed by atoms with Crippen molar-refractivity contribution < 1.29 is 23.8 Å². The van der Waals surface area contributed by atoms with E-state index in [0.29, 0.717) is 35.6 Å².